The summed E-state index contributed by atoms with van der Waals surface area (Å²) < 4.78 is 31.8. The number of halogens is 4. The molecule has 0 aliphatic rings. The van der Waals surface area contributed by atoms with Crippen LogP contribution in [0.4, 0.5) is 8.78 Å². The second kappa shape index (κ2) is 4.93. The smallest absolute Gasteiger partial charge is 0.322 e. The monoisotopic (exact) mass is 320 g/mol. The molecule has 0 saturated heterocycles. The van der Waals surface area contributed by atoms with E-state index in [-0.39, 0.29) is 11.8 Å². The molecular formula is C10H4BrClF2N2O. The van der Waals surface area contributed by atoms with Crippen LogP contribution in [0.2, 0.25) is 5.02 Å². The Morgan fingerprint density at radius 2 is 1.82 bits per heavy atom. The Morgan fingerprint density at radius 3 is 2.47 bits per heavy atom. The van der Waals surface area contributed by atoms with Crippen LogP contribution >= 0.6 is 27.5 Å². The average Bonchev–Trinajstić information content (AvgIpc) is 2.28. The number of benzene rings is 1. The average molecular weight is 322 g/mol. The highest BCUT2D eigenvalue weighted by Crippen LogP contribution is 2.28. The lowest BCUT2D eigenvalue weighted by Gasteiger charge is -2.05. The first-order valence-corrected chi connectivity index (χ1v) is 5.53. The van der Waals surface area contributed by atoms with Crippen molar-refractivity contribution in [2.45, 2.75) is 0 Å². The van der Waals surface area contributed by atoms with E-state index in [0.717, 1.165) is 6.07 Å². The lowest BCUT2D eigenvalue weighted by Crippen LogP contribution is -1.95. The molecule has 0 saturated carbocycles. The van der Waals surface area contributed by atoms with E-state index in [1.54, 1.807) is 0 Å². The minimum Gasteiger partial charge on any atom is -0.421 e. The van der Waals surface area contributed by atoms with Crippen molar-refractivity contribution >= 4 is 27.5 Å². The maximum Gasteiger partial charge on any atom is 0.322 e. The summed E-state index contributed by atoms with van der Waals surface area (Å²) in [5.74, 6) is -2.44. The zero-order valence-corrected chi connectivity index (χ0v) is 10.5. The van der Waals surface area contributed by atoms with Crippen molar-refractivity contribution < 1.29 is 13.5 Å². The quantitative estimate of drug-likeness (QED) is 0.785. The van der Waals surface area contributed by atoms with Crippen molar-refractivity contribution in [2.24, 2.45) is 0 Å². The highest BCUT2D eigenvalue weighted by Gasteiger charge is 2.13. The fourth-order valence-corrected chi connectivity index (χ4v) is 1.56. The first-order valence-electron chi connectivity index (χ1n) is 4.36. The Morgan fingerprint density at radius 1 is 1.18 bits per heavy atom. The first kappa shape index (κ1) is 12.2. The van der Waals surface area contributed by atoms with Crippen LogP contribution in [0.5, 0.6) is 11.8 Å². The van der Waals surface area contributed by atoms with E-state index in [0.29, 0.717) is 9.50 Å². The topological polar surface area (TPSA) is 35.0 Å². The normalized spacial score (nSPS) is 10.4. The third kappa shape index (κ3) is 2.89. The molecule has 1 aromatic carbocycles. The van der Waals surface area contributed by atoms with Gasteiger partial charge in [0.05, 0.1) is 17.4 Å². The van der Waals surface area contributed by atoms with E-state index in [9.17, 15) is 8.78 Å². The molecule has 2 aromatic rings. The molecule has 0 spiro atoms. The second-order valence-electron chi connectivity index (χ2n) is 2.99. The summed E-state index contributed by atoms with van der Waals surface area (Å²) in [5.41, 5.74) is 0. The maximum absolute atomic E-state index is 13.3. The Bertz CT molecular complexity index is 551. The van der Waals surface area contributed by atoms with Gasteiger partial charge in [-0.05, 0) is 12.1 Å². The molecule has 88 valence electrons. The summed E-state index contributed by atoms with van der Waals surface area (Å²) >= 11 is 8.60. The van der Waals surface area contributed by atoms with Gasteiger partial charge in [-0.2, -0.15) is 4.39 Å². The number of nitrogens with zero attached hydrogens (tertiary/aromatic N) is 2. The number of aromatic nitrogens is 2. The van der Waals surface area contributed by atoms with Crippen LogP contribution in [-0.2, 0) is 0 Å². The molecular weight excluding hydrogens is 317 g/mol. The zero-order valence-electron chi connectivity index (χ0n) is 8.12. The third-order valence-corrected chi connectivity index (χ3v) is 2.41. The number of rotatable bonds is 2. The molecule has 0 amide bonds. The van der Waals surface area contributed by atoms with Crippen LogP contribution in [-0.4, -0.2) is 9.97 Å². The van der Waals surface area contributed by atoms with Crippen LogP contribution < -0.4 is 4.74 Å². The number of hydrogen-bond donors (Lipinski definition) is 0. The molecule has 0 fully saturated rings. The summed E-state index contributed by atoms with van der Waals surface area (Å²) in [4.78, 5) is 7.41. The summed E-state index contributed by atoms with van der Waals surface area (Å²) in [6.07, 6.45) is 2.58. The first-order chi connectivity index (χ1) is 8.06. The summed E-state index contributed by atoms with van der Waals surface area (Å²) in [5, 5.41) is 0.318. The highest BCUT2D eigenvalue weighted by molar-refractivity contribution is 9.10. The highest BCUT2D eigenvalue weighted by atomic mass is 79.9. The predicted molar refractivity (Wildman–Crippen MR) is 61.2 cm³/mol. The molecule has 0 atom stereocenters. The predicted octanol–water partition coefficient (Wildman–Crippen LogP) is 3.96. The van der Waals surface area contributed by atoms with Gasteiger partial charge >= 0.3 is 6.01 Å². The van der Waals surface area contributed by atoms with Crippen molar-refractivity contribution in [2.75, 3.05) is 0 Å². The lowest BCUT2D eigenvalue weighted by molar-refractivity contribution is 0.392. The van der Waals surface area contributed by atoms with E-state index in [1.165, 1.54) is 18.5 Å². The van der Waals surface area contributed by atoms with Crippen LogP contribution in [0.15, 0.2) is 29.0 Å². The standard InChI is InChI=1S/C10H4BrClF2N2O/c11-5-1-7(13)9(14)8(2-5)17-10-15-3-6(12)4-16-10/h1-4H. The van der Waals surface area contributed by atoms with Gasteiger partial charge in [-0.1, -0.05) is 27.5 Å². The van der Waals surface area contributed by atoms with Gasteiger partial charge in [0.25, 0.3) is 0 Å². The summed E-state index contributed by atoms with van der Waals surface area (Å²) in [6.45, 7) is 0. The minimum atomic E-state index is -1.10. The maximum atomic E-state index is 13.3. The van der Waals surface area contributed by atoms with Crippen molar-refractivity contribution in [3.63, 3.8) is 0 Å². The Hall–Kier alpha value is -1.27. The van der Waals surface area contributed by atoms with Gasteiger partial charge in [-0.15, -0.1) is 0 Å². The molecule has 0 bridgehead atoms. The molecule has 3 nitrogen and oxygen atoms in total. The van der Waals surface area contributed by atoms with Gasteiger partial charge in [-0.25, -0.2) is 14.4 Å². The van der Waals surface area contributed by atoms with Crippen LogP contribution in [0, 0.1) is 11.6 Å². The number of ether oxygens (including phenoxy) is 1. The van der Waals surface area contributed by atoms with Crippen molar-refractivity contribution in [3.8, 4) is 11.8 Å². The van der Waals surface area contributed by atoms with Gasteiger partial charge in [0.15, 0.2) is 11.6 Å². The summed E-state index contributed by atoms with van der Waals surface area (Å²) in [6, 6.07) is 2.15. The van der Waals surface area contributed by atoms with Crippen LogP contribution in [0.3, 0.4) is 0 Å². The molecule has 0 aliphatic carbocycles. The molecule has 0 radical (unpaired) electrons. The van der Waals surface area contributed by atoms with Crippen molar-refractivity contribution in [1.82, 2.24) is 9.97 Å². The van der Waals surface area contributed by atoms with Gasteiger partial charge in [0.2, 0.25) is 5.82 Å². The molecule has 1 aromatic heterocycles. The summed E-state index contributed by atoms with van der Waals surface area (Å²) in [7, 11) is 0. The van der Waals surface area contributed by atoms with Gasteiger partial charge in [0.1, 0.15) is 0 Å². The molecule has 0 aliphatic heterocycles. The van der Waals surface area contributed by atoms with Crippen LogP contribution in [0.25, 0.3) is 0 Å². The SMILES string of the molecule is Fc1cc(Br)cc(Oc2ncc(Cl)cn2)c1F. The van der Waals surface area contributed by atoms with Crippen molar-refractivity contribution in [3.05, 3.63) is 45.7 Å². The lowest BCUT2D eigenvalue weighted by atomic mass is 10.3. The van der Waals surface area contributed by atoms with E-state index in [1.807, 2.05) is 0 Å². The minimum absolute atomic E-state index is 0.120. The van der Waals surface area contributed by atoms with Crippen molar-refractivity contribution in [1.29, 1.82) is 0 Å². The Kier molecular flexibility index (Phi) is 3.54. The van der Waals surface area contributed by atoms with E-state index in [2.05, 4.69) is 25.9 Å². The number of hydrogen-bond acceptors (Lipinski definition) is 3. The molecule has 17 heavy (non-hydrogen) atoms. The molecule has 0 N–H and O–H groups in total. The third-order valence-electron chi connectivity index (χ3n) is 1.76. The largest absolute Gasteiger partial charge is 0.421 e. The molecule has 0 unspecified atom stereocenters. The van der Waals surface area contributed by atoms with Gasteiger partial charge in [-0.3, -0.25) is 0 Å². The van der Waals surface area contributed by atoms with Gasteiger partial charge in [0, 0.05) is 4.47 Å². The van der Waals surface area contributed by atoms with E-state index in [4.69, 9.17) is 16.3 Å². The van der Waals surface area contributed by atoms with E-state index >= 15 is 0 Å². The Labute approximate surface area is 109 Å². The molecule has 7 heteroatoms. The van der Waals surface area contributed by atoms with Crippen LogP contribution in [0.1, 0.15) is 0 Å². The zero-order chi connectivity index (χ0) is 12.4. The van der Waals surface area contributed by atoms with E-state index < -0.39 is 11.6 Å². The fourth-order valence-electron chi connectivity index (χ4n) is 1.06. The molecule has 1 heterocycles. The second-order valence-corrected chi connectivity index (χ2v) is 4.34. The Balaban J connectivity index is 2.32. The van der Waals surface area contributed by atoms with Gasteiger partial charge < -0.3 is 4.74 Å². The fraction of sp³-hybridized carbons (Fsp3) is 0. The molecule has 2 rings (SSSR count).